The van der Waals surface area contributed by atoms with Crippen LogP contribution in [0.15, 0.2) is 12.1 Å². The molecule has 0 saturated heterocycles. The molecule has 1 aromatic carbocycles. The van der Waals surface area contributed by atoms with E-state index in [0.717, 1.165) is 5.56 Å². The van der Waals surface area contributed by atoms with Crippen molar-refractivity contribution in [2.24, 2.45) is 0 Å². The van der Waals surface area contributed by atoms with Crippen molar-refractivity contribution in [3.05, 3.63) is 17.7 Å². The Labute approximate surface area is 134 Å². The van der Waals surface area contributed by atoms with Crippen LogP contribution >= 0.6 is 0 Å². The van der Waals surface area contributed by atoms with Gasteiger partial charge in [0.05, 0.1) is 27.8 Å². The van der Waals surface area contributed by atoms with Gasteiger partial charge in [0.15, 0.2) is 0 Å². The summed E-state index contributed by atoms with van der Waals surface area (Å²) in [5, 5.41) is 13.6. The third kappa shape index (κ3) is 5.93. The fourth-order valence-corrected chi connectivity index (χ4v) is 1.97. The summed E-state index contributed by atoms with van der Waals surface area (Å²) >= 11 is 0. The normalized spacial score (nSPS) is 9.87. The second kappa shape index (κ2) is 9.39. The number of methoxy groups -OCH3 is 3. The molecule has 0 radical (unpaired) electrons. The topological polar surface area (TPSA) is 106 Å². The summed E-state index contributed by atoms with van der Waals surface area (Å²) < 4.78 is 15.8. The van der Waals surface area contributed by atoms with Gasteiger partial charge in [0.25, 0.3) is 0 Å². The fraction of sp³-hybridized carbons (Fsp3) is 0.467. The number of rotatable bonds is 9. The summed E-state index contributed by atoms with van der Waals surface area (Å²) in [6.45, 7) is 0.425. The highest BCUT2D eigenvalue weighted by atomic mass is 16.5. The van der Waals surface area contributed by atoms with Crippen molar-refractivity contribution in [3.63, 3.8) is 0 Å². The van der Waals surface area contributed by atoms with Crippen LogP contribution in [0.1, 0.15) is 12.0 Å². The first kappa shape index (κ1) is 18.4. The lowest BCUT2D eigenvalue weighted by molar-refractivity contribution is -0.136. The second-order valence-electron chi connectivity index (χ2n) is 4.59. The molecule has 0 bridgehead atoms. The van der Waals surface area contributed by atoms with Gasteiger partial charge in [-0.3, -0.25) is 4.79 Å². The minimum absolute atomic E-state index is 0.0797. The maximum absolute atomic E-state index is 11.5. The Balaban J connectivity index is 2.60. The van der Waals surface area contributed by atoms with Gasteiger partial charge >= 0.3 is 12.0 Å². The zero-order valence-corrected chi connectivity index (χ0v) is 13.5. The van der Waals surface area contributed by atoms with Crippen LogP contribution in [0.2, 0.25) is 0 Å². The number of carbonyl (C=O) groups is 2. The quantitative estimate of drug-likeness (QED) is 0.626. The smallest absolute Gasteiger partial charge is 0.314 e. The molecular weight excluding hydrogens is 304 g/mol. The number of urea groups is 1. The van der Waals surface area contributed by atoms with Crippen LogP contribution in [-0.4, -0.2) is 51.5 Å². The summed E-state index contributed by atoms with van der Waals surface area (Å²) in [7, 11) is 4.64. The highest BCUT2D eigenvalue weighted by molar-refractivity contribution is 5.75. The Morgan fingerprint density at radius 1 is 1.00 bits per heavy atom. The molecule has 8 nitrogen and oxygen atoms in total. The van der Waals surface area contributed by atoms with E-state index in [0.29, 0.717) is 30.2 Å². The van der Waals surface area contributed by atoms with E-state index >= 15 is 0 Å². The zero-order valence-electron chi connectivity index (χ0n) is 13.5. The van der Waals surface area contributed by atoms with Gasteiger partial charge in [0.1, 0.15) is 17.2 Å². The van der Waals surface area contributed by atoms with Gasteiger partial charge in [0.2, 0.25) is 0 Å². The van der Waals surface area contributed by atoms with Crippen molar-refractivity contribution in [2.45, 2.75) is 12.8 Å². The van der Waals surface area contributed by atoms with E-state index in [2.05, 4.69) is 10.6 Å². The van der Waals surface area contributed by atoms with Gasteiger partial charge in [0, 0.05) is 30.8 Å². The third-order valence-corrected chi connectivity index (χ3v) is 3.10. The molecule has 0 saturated carbocycles. The molecule has 1 rings (SSSR count). The molecule has 0 heterocycles. The highest BCUT2D eigenvalue weighted by Gasteiger charge is 2.13. The maximum Gasteiger partial charge on any atom is 0.314 e. The average molecular weight is 326 g/mol. The van der Waals surface area contributed by atoms with E-state index in [1.54, 1.807) is 33.5 Å². The summed E-state index contributed by atoms with van der Waals surface area (Å²) in [6, 6.07) is 3.06. The molecule has 2 amide bonds. The monoisotopic (exact) mass is 326 g/mol. The summed E-state index contributed by atoms with van der Waals surface area (Å²) in [5.74, 6) is 0.864. The van der Waals surface area contributed by atoms with E-state index in [1.165, 1.54) is 0 Å². The SMILES string of the molecule is COc1cc(OC)c(CCNC(=O)NCCC(=O)O)c(OC)c1. The van der Waals surface area contributed by atoms with Crippen LogP contribution in [0.5, 0.6) is 17.2 Å². The van der Waals surface area contributed by atoms with Crippen LogP contribution in [0.25, 0.3) is 0 Å². The van der Waals surface area contributed by atoms with Crippen LogP contribution in [0.4, 0.5) is 4.79 Å². The van der Waals surface area contributed by atoms with E-state index in [9.17, 15) is 9.59 Å². The standard InChI is InChI=1S/C15H22N2O6/c1-21-10-8-12(22-2)11(13(9-10)23-3)4-6-16-15(20)17-7-5-14(18)19/h8-9H,4-7H2,1-3H3,(H,18,19)(H2,16,17,20). The van der Waals surface area contributed by atoms with Gasteiger partial charge in [-0.2, -0.15) is 0 Å². The Morgan fingerprint density at radius 2 is 1.57 bits per heavy atom. The molecule has 23 heavy (non-hydrogen) atoms. The minimum atomic E-state index is -0.960. The van der Waals surface area contributed by atoms with E-state index in [-0.39, 0.29) is 13.0 Å². The number of carboxylic acid groups (broad SMARTS) is 1. The Morgan fingerprint density at radius 3 is 2.04 bits per heavy atom. The Kier molecular flexibility index (Phi) is 7.52. The second-order valence-corrected chi connectivity index (χ2v) is 4.59. The molecule has 0 unspecified atom stereocenters. The number of nitrogens with one attached hydrogen (secondary N) is 2. The zero-order chi connectivity index (χ0) is 17.2. The summed E-state index contributed by atoms with van der Waals surface area (Å²) in [4.78, 5) is 21.9. The summed E-state index contributed by atoms with van der Waals surface area (Å²) in [6.07, 6.45) is 0.371. The predicted octanol–water partition coefficient (Wildman–Crippen LogP) is 1.03. The molecule has 0 aliphatic rings. The van der Waals surface area contributed by atoms with E-state index < -0.39 is 12.0 Å². The van der Waals surface area contributed by atoms with Crippen LogP contribution in [0, 0.1) is 0 Å². The van der Waals surface area contributed by atoms with Crippen molar-refractivity contribution in [1.82, 2.24) is 10.6 Å². The first-order chi connectivity index (χ1) is 11.0. The van der Waals surface area contributed by atoms with Crippen molar-refractivity contribution >= 4 is 12.0 Å². The van der Waals surface area contributed by atoms with E-state index in [4.69, 9.17) is 19.3 Å². The van der Waals surface area contributed by atoms with E-state index in [1.807, 2.05) is 0 Å². The lowest BCUT2D eigenvalue weighted by Crippen LogP contribution is -2.37. The molecule has 0 spiro atoms. The Hall–Kier alpha value is -2.64. The molecule has 8 heteroatoms. The minimum Gasteiger partial charge on any atom is -0.496 e. The number of amides is 2. The number of aliphatic carboxylic acids is 1. The maximum atomic E-state index is 11.5. The van der Waals surface area contributed by atoms with Crippen molar-refractivity contribution < 1.29 is 28.9 Å². The first-order valence-electron chi connectivity index (χ1n) is 7.04. The lowest BCUT2D eigenvalue weighted by atomic mass is 10.1. The Bertz CT molecular complexity index is 522. The number of benzene rings is 1. The third-order valence-electron chi connectivity index (χ3n) is 3.10. The number of carbonyl (C=O) groups excluding carboxylic acids is 1. The van der Waals surface area contributed by atoms with Gasteiger partial charge < -0.3 is 30.0 Å². The number of hydrogen-bond acceptors (Lipinski definition) is 5. The van der Waals surface area contributed by atoms with Crippen molar-refractivity contribution in [3.8, 4) is 17.2 Å². The van der Waals surface area contributed by atoms with Crippen LogP contribution < -0.4 is 24.8 Å². The molecule has 1 aromatic rings. The molecule has 0 atom stereocenters. The molecule has 0 aliphatic carbocycles. The largest absolute Gasteiger partial charge is 0.496 e. The molecular formula is C15H22N2O6. The predicted molar refractivity (Wildman–Crippen MR) is 83.5 cm³/mol. The van der Waals surface area contributed by atoms with Gasteiger partial charge in [-0.25, -0.2) is 4.79 Å². The average Bonchev–Trinajstić information content (AvgIpc) is 2.54. The lowest BCUT2D eigenvalue weighted by Gasteiger charge is -2.15. The fourth-order valence-electron chi connectivity index (χ4n) is 1.97. The molecule has 128 valence electrons. The van der Waals surface area contributed by atoms with Crippen LogP contribution in [0.3, 0.4) is 0 Å². The molecule has 0 aromatic heterocycles. The van der Waals surface area contributed by atoms with Gasteiger partial charge in [-0.15, -0.1) is 0 Å². The van der Waals surface area contributed by atoms with Crippen molar-refractivity contribution in [2.75, 3.05) is 34.4 Å². The number of ether oxygens (including phenoxy) is 3. The number of carboxylic acids is 1. The van der Waals surface area contributed by atoms with Crippen molar-refractivity contribution in [1.29, 1.82) is 0 Å². The highest BCUT2D eigenvalue weighted by Crippen LogP contribution is 2.34. The van der Waals surface area contributed by atoms with Gasteiger partial charge in [-0.1, -0.05) is 0 Å². The molecule has 0 aliphatic heterocycles. The molecule has 0 fully saturated rings. The first-order valence-corrected chi connectivity index (χ1v) is 7.04. The number of hydrogen-bond donors (Lipinski definition) is 3. The van der Waals surface area contributed by atoms with Crippen LogP contribution in [-0.2, 0) is 11.2 Å². The summed E-state index contributed by atoms with van der Waals surface area (Å²) in [5.41, 5.74) is 0.807. The van der Waals surface area contributed by atoms with Gasteiger partial charge in [-0.05, 0) is 6.42 Å². The molecule has 3 N–H and O–H groups in total.